The highest BCUT2D eigenvalue weighted by atomic mass is 16.2. The molecule has 0 aromatic carbocycles. The average Bonchev–Trinajstić information content (AvgIpc) is 3.32. The third-order valence-corrected chi connectivity index (χ3v) is 5.64. The molecule has 7 heteroatoms. The Morgan fingerprint density at radius 1 is 1.38 bits per heavy atom. The molecule has 1 fully saturated rings. The first-order valence-electron chi connectivity index (χ1n) is 10.3. The number of carbonyl (C=O) groups excluding carboxylic acids is 2. The van der Waals surface area contributed by atoms with Gasteiger partial charge in [0, 0.05) is 55.3 Å². The molecule has 0 spiro atoms. The maximum Gasteiger partial charge on any atom is 0.225 e. The van der Waals surface area contributed by atoms with Crippen LogP contribution in [0.3, 0.4) is 0 Å². The number of aromatic nitrogens is 3. The van der Waals surface area contributed by atoms with Gasteiger partial charge in [-0.25, -0.2) is 9.50 Å². The van der Waals surface area contributed by atoms with E-state index in [2.05, 4.69) is 11.9 Å². The molecular formula is C22H31N5O2. The molecule has 0 unspecified atom stereocenters. The Balaban J connectivity index is 1.78. The van der Waals surface area contributed by atoms with E-state index in [4.69, 9.17) is 10.1 Å². The molecule has 1 atom stereocenters. The van der Waals surface area contributed by atoms with Gasteiger partial charge in [-0.2, -0.15) is 5.10 Å². The van der Waals surface area contributed by atoms with Crippen LogP contribution in [-0.2, 0) is 16.0 Å². The Morgan fingerprint density at radius 2 is 2.14 bits per heavy atom. The van der Waals surface area contributed by atoms with Crippen molar-refractivity contribution in [3.8, 4) is 0 Å². The molecule has 1 aliphatic heterocycles. The quantitative estimate of drug-likeness (QED) is 0.728. The van der Waals surface area contributed by atoms with E-state index < -0.39 is 0 Å². The SMILES string of the molecule is C=CCNC(=O)CCc1c(C)nc2cc([C@H]3CCN(C(=O)C(C)C)C3)nn2c1C. The van der Waals surface area contributed by atoms with Crippen molar-refractivity contribution in [2.24, 2.45) is 5.92 Å². The lowest BCUT2D eigenvalue weighted by Gasteiger charge is -2.18. The predicted octanol–water partition coefficient (Wildman–Crippen LogP) is 2.55. The van der Waals surface area contributed by atoms with Gasteiger partial charge in [0.05, 0.1) is 5.69 Å². The van der Waals surface area contributed by atoms with Crippen LogP contribution in [0.25, 0.3) is 5.65 Å². The molecule has 0 bridgehead atoms. The summed E-state index contributed by atoms with van der Waals surface area (Å²) >= 11 is 0. The topological polar surface area (TPSA) is 79.6 Å². The minimum atomic E-state index is 0.00539. The third-order valence-electron chi connectivity index (χ3n) is 5.64. The number of fused-ring (bicyclic) bond motifs is 1. The lowest BCUT2D eigenvalue weighted by molar-refractivity contribution is -0.133. The number of nitrogens with zero attached hydrogens (tertiary/aromatic N) is 4. The van der Waals surface area contributed by atoms with Gasteiger partial charge in [0.2, 0.25) is 11.8 Å². The first kappa shape index (κ1) is 21.0. The molecule has 2 amide bonds. The van der Waals surface area contributed by atoms with Crippen molar-refractivity contribution in [3.05, 3.63) is 41.4 Å². The first-order chi connectivity index (χ1) is 13.8. The molecule has 0 radical (unpaired) electrons. The van der Waals surface area contributed by atoms with Crippen LogP contribution in [0.1, 0.15) is 55.3 Å². The third kappa shape index (κ3) is 4.49. The van der Waals surface area contributed by atoms with Crippen molar-refractivity contribution in [2.75, 3.05) is 19.6 Å². The van der Waals surface area contributed by atoms with E-state index in [1.54, 1.807) is 6.08 Å². The molecule has 0 aliphatic carbocycles. The van der Waals surface area contributed by atoms with Crippen LogP contribution in [0, 0.1) is 19.8 Å². The van der Waals surface area contributed by atoms with Crippen molar-refractivity contribution >= 4 is 17.5 Å². The van der Waals surface area contributed by atoms with E-state index in [-0.39, 0.29) is 23.7 Å². The number of carbonyl (C=O) groups is 2. The molecular weight excluding hydrogens is 366 g/mol. The van der Waals surface area contributed by atoms with Crippen LogP contribution in [0.15, 0.2) is 18.7 Å². The van der Waals surface area contributed by atoms with Crippen molar-refractivity contribution in [1.82, 2.24) is 24.8 Å². The monoisotopic (exact) mass is 397 g/mol. The van der Waals surface area contributed by atoms with Crippen LogP contribution in [0.4, 0.5) is 0 Å². The van der Waals surface area contributed by atoms with Gasteiger partial charge in [-0.15, -0.1) is 6.58 Å². The van der Waals surface area contributed by atoms with Gasteiger partial charge in [0.1, 0.15) is 0 Å². The number of aryl methyl sites for hydroxylation is 2. The normalized spacial score (nSPS) is 16.6. The van der Waals surface area contributed by atoms with Crippen LogP contribution >= 0.6 is 0 Å². The Hall–Kier alpha value is -2.70. The van der Waals surface area contributed by atoms with E-state index in [1.807, 2.05) is 43.2 Å². The van der Waals surface area contributed by atoms with E-state index in [1.165, 1.54) is 0 Å². The molecule has 1 N–H and O–H groups in total. The lowest BCUT2D eigenvalue weighted by Crippen LogP contribution is -2.32. The van der Waals surface area contributed by atoms with Crippen molar-refractivity contribution in [2.45, 2.75) is 52.9 Å². The largest absolute Gasteiger partial charge is 0.353 e. The van der Waals surface area contributed by atoms with Gasteiger partial charge < -0.3 is 10.2 Å². The number of hydrogen-bond acceptors (Lipinski definition) is 4. The predicted molar refractivity (Wildman–Crippen MR) is 113 cm³/mol. The Labute approximate surface area is 172 Å². The highest BCUT2D eigenvalue weighted by Crippen LogP contribution is 2.28. The van der Waals surface area contributed by atoms with E-state index in [9.17, 15) is 9.59 Å². The molecule has 1 saturated heterocycles. The number of nitrogens with one attached hydrogen (secondary N) is 1. The Bertz CT molecular complexity index is 931. The minimum Gasteiger partial charge on any atom is -0.353 e. The zero-order valence-electron chi connectivity index (χ0n) is 17.9. The van der Waals surface area contributed by atoms with E-state index >= 15 is 0 Å². The lowest BCUT2D eigenvalue weighted by atomic mass is 10.1. The fourth-order valence-corrected chi connectivity index (χ4v) is 3.99. The zero-order chi connectivity index (χ0) is 21.1. The summed E-state index contributed by atoms with van der Waals surface area (Å²) in [6.45, 7) is 13.5. The molecule has 3 heterocycles. The van der Waals surface area contributed by atoms with Crippen LogP contribution < -0.4 is 5.32 Å². The van der Waals surface area contributed by atoms with Crippen molar-refractivity contribution in [1.29, 1.82) is 0 Å². The van der Waals surface area contributed by atoms with Crippen molar-refractivity contribution in [3.63, 3.8) is 0 Å². The number of likely N-dealkylation sites (tertiary alicyclic amines) is 1. The van der Waals surface area contributed by atoms with Gasteiger partial charge in [-0.3, -0.25) is 9.59 Å². The highest BCUT2D eigenvalue weighted by molar-refractivity contribution is 5.78. The summed E-state index contributed by atoms with van der Waals surface area (Å²) in [5.41, 5.74) is 4.82. The smallest absolute Gasteiger partial charge is 0.225 e. The summed E-state index contributed by atoms with van der Waals surface area (Å²) in [4.78, 5) is 30.9. The summed E-state index contributed by atoms with van der Waals surface area (Å²) in [7, 11) is 0. The second kappa shape index (κ2) is 8.76. The fourth-order valence-electron chi connectivity index (χ4n) is 3.99. The summed E-state index contributed by atoms with van der Waals surface area (Å²) < 4.78 is 1.88. The van der Waals surface area contributed by atoms with E-state index in [0.717, 1.165) is 47.8 Å². The maximum atomic E-state index is 12.3. The summed E-state index contributed by atoms with van der Waals surface area (Å²) in [5, 5.41) is 7.62. The zero-order valence-corrected chi connectivity index (χ0v) is 17.9. The summed E-state index contributed by atoms with van der Waals surface area (Å²) in [6.07, 6.45) is 3.63. The first-order valence-corrected chi connectivity index (χ1v) is 10.3. The van der Waals surface area contributed by atoms with Gasteiger partial charge in [0.15, 0.2) is 5.65 Å². The van der Waals surface area contributed by atoms with Crippen LogP contribution in [-0.4, -0.2) is 50.9 Å². The average molecular weight is 398 g/mol. The molecule has 2 aromatic rings. The van der Waals surface area contributed by atoms with Gasteiger partial charge in [0.25, 0.3) is 0 Å². The van der Waals surface area contributed by atoms with Crippen molar-refractivity contribution < 1.29 is 9.59 Å². The van der Waals surface area contributed by atoms with Crippen LogP contribution in [0.5, 0.6) is 0 Å². The highest BCUT2D eigenvalue weighted by Gasteiger charge is 2.30. The van der Waals surface area contributed by atoms with Crippen LogP contribution in [0.2, 0.25) is 0 Å². The molecule has 7 nitrogen and oxygen atoms in total. The van der Waals surface area contributed by atoms with Gasteiger partial charge in [-0.05, 0) is 32.3 Å². The second-order valence-corrected chi connectivity index (χ2v) is 8.12. The fraction of sp³-hybridized carbons (Fsp3) is 0.545. The minimum absolute atomic E-state index is 0.00539. The summed E-state index contributed by atoms with van der Waals surface area (Å²) in [6, 6.07) is 2.04. The maximum absolute atomic E-state index is 12.3. The van der Waals surface area contributed by atoms with Gasteiger partial charge >= 0.3 is 0 Å². The molecule has 156 valence electrons. The molecule has 29 heavy (non-hydrogen) atoms. The molecule has 0 saturated carbocycles. The standard InChI is InChI=1S/C22H31N5O2/c1-6-10-23-21(28)8-7-18-15(4)24-20-12-19(25-27(20)16(18)5)17-9-11-26(13-17)22(29)14(2)3/h6,12,14,17H,1,7-11,13H2,2-5H3,(H,23,28)/t17-/m0/s1. The molecule has 3 rings (SSSR count). The molecule has 2 aromatic heterocycles. The summed E-state index contributed by atoms with van der Waals surface area (Å²) in [5.74, 6) is 0.476. The Kier molecular flexibility index (Phi) is 6.35. The van der Waals surface area contributed by atoms with Gasteiger partial charge in [-0.1, -0.05) is 19.9 Å². The second-order valence-electron chi connectivity index (χ2n) is 8.12. The Morgan fingerprint density at radius 3 is 2.83 bits per heavy atom. The number of hydrogen-bond donors (Lipinski definition) is 1. The molecule has 1 aliphatic rings. The number of amides is 2. The number of rotatable bonds is 7. The van der Waals surface area contributed by atoms with E-state index in [0.29, 0.717) is 19.4 Å².